The molecule has 9 heteroatoms. The summed E-state index contributed by atoms with van der Waals surface area (Å²) in [5.41, 5.74) is -1.71. The van der Waals surface area contributed by atoms with Gasteiger partial charge in [0.2, 0.25) is 0 Å². The van der Waals surface area contributed by atoms with Crippen molar-refractivity contribution in [2.75, 3.05) is 20.2 Å². The Kier molecular flexibility index (Phi) is 6.29. The van der Waals surface area contributed by atoms with Gasteiger partial charge in [-0.25, -0.2) is 4.79 Å². The molecular formula is C13H20N2O7. The average molecular weight is 316 g/mol. The predicted molar refractivity (Wildman–Crippen MR) is 73.0 cm³/mol. The molecule has 0 aromatic heterocycles. The summed E-state index contributed by atoms with van der Waals surface area (Å²) in [6, 6.07) is -0.909. The Hall–Kier alpha value is -2.16. The van der Waals surface area contributed by atoms with E-state index in [-0.39, 0.29) is 38.8 Å². The zero-order chi connectivity index (χ0) is 16.8. The highest BCUT2D eigenvalue weighted by atomic mass is 16.5. The Labute approximate surface area is 127 Å². The molecule has 0 radical (unpaired) electrons. The van der Waals surface area contributed by atoms with Crippen LogP contribution in [0.15, 0.2) is 0 Å². The number of nitrogens with one attached hydrogen (secondary N) is 1. The second-order valence-corrected chi connectivity index (χ2v) is 5.13. The van der Waals surface area contributed by atoms with Gasteiger partial charge in [-0.1, -0.05) is 0 Å². The lowest BCUT2D eigenvalue weighted by Gasteiger charge is -2.36. The van der Waals surface area contributed by atoms with E-state index in [0.717, 1.165) is 4.90 Å². The van der Waals surface area contributed by atoms with Gasteiger partial charge < -0.3 is 30.0 Å². The van der Waals surface area contributed by atoms with Crippen molar-refractivity contribution >= 4 is 24.3 Å². The molecule has 1 fully saturated rings. The third kappa shape index (κ3) is 4.69. The van der Waals surface area contributed by atoms with Crippen LogP contribution in [0.4, 0.5) is 4.79 Å². The van der Waals surface area contributed by atoms with Gasteiger partial charge in [0, 0.05) is 32.4 Å². The number of aldehydes is 1. The van der Waals surface area contributed by atoms with Crippen molar-refractivity contribution in [1.82, 2.24) is 10.2 Å². The van der Waals surface area contributed by atoms with Crippen LogP contribution in [0, 0.1) is 0 Å². The number of ether oxygens (including phenoxy) is 1. The summed E-state index contributed by atoms with van der Waals surface area (Å²) in [5.74, 6) is -1.24. The predicted octanol–water partition coefficient (Wildman–Crippen LogP) is -0.872. The monoisotopic (exact) mass is 316 g/mol. The first-order valence-corrected chi connectivity index (χ1v) is 6.85. The number of hydrogen-bond acceptors (Lipinski definition) is 6. The van der Waals surface area contributed by atoms with Crippen LogP contribution < -0.4 is 5.32 Å². The van der Waals surface area contributed by atoms with Gasteiger partial charge in [0.15, 0.2) is 0 Å². The molecule has 0 aromatic rings. The standard InChI is InChI=1S/C13H20N2O7/c1-22-10(17)3-2-9(8-16)14-11(18)13(21)4-6-15(7-5-13)12(19)20/h8-9,21H,2-7H2,1H3,(H,14,18)(H,19,20)/t9-/m0/s1. The van der Waals surface area contributed by atoms with Crippen molar-refractivity contribution in [3.63, 3.8) is 0 Å². The van der Waals surface area contributed by atoms with Crippen LogP contribution in [0.5, 0.6) is 0 Å². The molecule has 0 saturated carbocycles. The fourth-order valence-electron chi connectivity index (χ4n) is 2.15. The lowest BCUT2D eigenvalue weighted by atomic mass is 9.90. The Balaban J connectivity index is 2.53. The Morgan fingerprint density at radius 2 is 1.95 bits per heavy atom. The first-order chi connectivity index (χ1) is 10.3. The molecule has 22 heavy (non-hydrogen) atoms. The molecule has 0 bridgehead atoms. The number of carboxylic acid groups (broad SMARTS) is 1. The minimum Gasteiger partial charge on any atom is -0.469 e. The van der Waals surface area contributed by atoms with E-state index >= 15 is 0 Å². The van der Waals surface area contributed by atoms with E-state index in [0.29, 0.717) is 6.29 Å². The van der Waals surface area contributed by atoms with Gasteiger partial charge in [0.25, 0.3) is 5.91 Å². The third-order valence-electron chi connectivity index (χ3n) is 3.65. The topological polar surface area (TPSA) is 133 Å². The van der Waals surface area contributed by atoms with Gasteiger partial charge in [-0.3, -0.25) is 9.59 Å². The molecule has 1 atom stereocenters. The van der Waals surface area contributed by atoms with E-state index in [2.05, 4.69) is 10.1 Å². The van der Waals surface area contributed by atoms with E-state index in [9.17, 15) is 24.3 Å². The molecule has 1 aliphatic rings. The normalized spacial score (nSPS) is 18.2. The fourth-order valence-corrected chi connectivity index (χ4v) is 2.15. The van der Waals surface area contributed by atoms with Crippen molar-refractivity contribution in [1.29, 1.82) is 0 Å². The number of methoxy groups -OCH3 is 1. The number of amides is 2. The van der Waals surface area contributed by atoms with E-state index < -0.39 is 29.6 Å². The van der Waals surface area contributed by atoms with Crippen LogP contribution in [-0.2, 0) is 19.1 Å². The number of esters is 1. The highest BCUT2D eigenvalue weighted by Gasteiger charge is 2.41. The second-order valence-electron chi connectivity index (χ2n) is 5.13. The van der Waals surface area contributed by atoms with Gasteiger partial charge in [0.1, 0.15) is 11.9 Å². The van der Waals surface area contributed by atoms with Crippen molar-refractivity contribution in [3.05, 3.63) is 0 Å². The second kappa shape index (κ2) is 7.74. The molecular weight excluding hydrogens is 296 g/mol. The molecule has 1 heterocycles. The van der Waals surface area contributed by atoms with Crippen molar-refractivity contribution in [2.45, 2.75) is 37.3 Å². The number of hydrogen-bond donors (Lipinski definition) is 3. The first kappa shape index (κ1) is 17.9. The largest absolute Gasteiger partial charge is 0.469 e. The highest BCUT2D eigenvalue weighted by Crippen LogP contribution is 2.22. The summed E-state index contributed by atoms with van der Waals surface area (Å²) < 4.78 is 4.44. The number of rotatable bonds is 6. The molecule has 1 rings (SSSR count). The summed E-state index contributed by atoms with van der Waals surface area (Å²) in [6.45, 7) is 0.0698. The Bertz CT molecular complexity index is 444. The lowest BCUT2D eigenvalue weighted by molar-refractivity contribution is -0.146. The van der Waals surface area contributed by atoms with E-state index in [4.69, 9.17) is 5.11 Å². The number of likely N-dealkylation sites (tertiary alicyclic amines) is 1. The molecule has 9 nitrogen and oxygen atoms in total. The van der Waals surface area contributed by atoms with Gasteiger partial charge in [-0.05, 0) is 6.42 Å². The fraction of sp³-hybridized carbons (Fsp3) is 0.692. The quantitative estimate of drug-likeness (QED) is 0.428. The zero-order valence-corrected chi connectivity index (χ0v) is 12.3. The minimum atomic E-state index is -1.71. The van der Waals surface area contributed by atoms with Gasteiger partial charge >= 0.3 is 12.1 Å². The molecule has 2 amide bonds. The summed E-state index contributed by atoms with van der Waals surface area (Å²) in [5, 5.41) is 21.5. The SMILES string of the molecule is COC(=O)CC[C@@H](C=O)NC(=O)C1(O)CCN(C(=O)O)CC1. The third-order valence-corrected chi connectivity index (χ3v) is 3.65. The van der Waals surface area contributed by atoms with Crippen LogP contribution in [0.3, 0.4) is 0 Å². The van der Waals surface area contributed by atoms with Crippen molar-refractivity contribution in [3.8, 4) is 0 Å². The Morgan fingerprint density at radius 3 is 2.41 bits per heavy atom. The van der Waals surface area contributed by atoms with E-state index in [1.54, 1.807) is 0 Å². The summed E-state index contributed by atoms with van der Waals surface area (Å²) in [7, 11) is 1.22. The average Bonchev–Trinajstić information content (AvgIpc) is 2.51. The number of carbonyl (C=O) groups is 4. The van der Waals surface area contributed by atoms with Crippen molar-refractivity contribution in [2.24, 2.45) is 0 Å². The van der Waals surface area contributed by atoms with Crippen molar-refractivity contribution < 1.29 is 34.1 Å². The molecule has 3 N–H and O–H groups in total. The maximum Gasteiger partial charge on any atom is 0.407 e. The smallest absolute Gasteiger partial charge is 0.407 e. The molecule has 1 saturated heterocycles. The number of carbonyl (C=O) groups excluding carboxylic acids is 3. The van der Waals surface area contributed by atoms with Crippen LogP contribution in [0.1, 0.15) is 25.7 Å². The van der Waals surface area contributed by atoms with Gasteiger partial charge in [0.05, 0.1) is 13.2 Å². The van der Waals surface area contributed by atoms with Crippen LogP contribution in [0.25, 0.3) is 0 Å². The first-order valence-electron chi connectivity index (χ1n) is 6.85. The lowest BCUT2D eigenvalue weighted by Crippen LogP contribution is -2.56. The summed E-state index contributed by atoms with van der Waals surface area (Å²) in [4.78, 5) is 45.9. The van der Waals surface area contributed by atoms with E-state index in [1.165, 1.54) is 7.11 Å². The summed E-state index contributed by atoms with van der Waals surface area (Å²) >= 11 is 0. The van der Waals surface area contributed by atoms with Gasteiger partial charge in [-0.15, -0.1) is 0 Å². The number of aliphatic hydroxyl groups is 1. The maximum absolute atomic E-state index is 12.1. The molecule has 0 unspecified atom stereocenters. The molecule has 1 aliphatic heterocycles. The van der Waals surface area contributed by atoms with Gasteiger partial charge in [-0.2, -0.15) is 0 Å². The minimum absolute atomic E-state index is 0.0349. The van der Waals surface area contributed by atoms with E-state index in [1.807, 2.05) is 0 Å². The number of piperidine rings is 1. The Morgan fingerprint density at radius 1 is 1.36 bits per heavy atom. The molecule has 0 aliphatic carbocycles. The zero-order valence-electron chi connectivity index (χ0n) is 12.3. The molecule has 0 aromatic carbocycles. The molecule has 124 valence electrons. The number of nitrogens with zero attached hydrogens (tertiary/aromatic N) is 1. The van der Waals surface area contributed by atoms with Crippen LogP contribution in [-0.4, -0.2) is 71.2 Å². The summed E-state index contributed by atoms with van der Waals surface area (Å²) in [6.07, 6.45) is -0.686. The maximum atomic E-state index is 12.1. The van der Waals surface area contributed by atoms with Crippen LogP contribution in [0.2, 0.25) is 0 Å². The van der Waals surface area contributed by atoms with Crippen LogP contribution >= 0.6 is 0 Å². The molecule has 0 spiro atoms. The highest BCUT2D eigenvalue weighted by molar-refractivity contribution is 5.87.